The van der Waals surface area contributed by atoms with Crippen LogP contribution in [0.25, 0.3) is 0 Å². The molecule has 66 valence electrons. The minimum Gasteiger partial charge on any atom is -0.390 e. The van der Waals surface area contributed by atoms with Crippen LogP contribution < -0.4 is 5.32 Å². The molecule has 0 unspecified atom stereocenters. The van der Waals surface area contributed by atoms with E-state index in [-0.39, 0.29) is 0 Å². The van der Waals surface area contributed by atoms with E-state index in [1.807, 2.05) is 6.92 Å². The molecule has 2 aliphatic carbocycles. The molecule has 0 aromatic rings. The molecule has 2 N–H and O–H groups in total. The standard InChI is InChI=1S/C10H15NO/c1-10(12)3-6-2-9(10)8-5-11-4-7(6)8/h8-9,11-12H,2-5H2,1H3/t8-,9+,10-/m1/s1. The van der Waals surface area contributed by atoms with Gasteiger partial charge in [0.1, 0.15) is 0 Å². The fourth-order valence-corrected chi connectivity index (χ4v) is 3.33. The summed E-state index contributed by atoms with van der Waals surface area (Å²) in [6.45, 7) is 4.19. The van der Waals surface area contributed by atoms with E-state index in [2.05, 4.69) is 5.32 Å². The van der Waals surface area contributed by atoms with Crippen molar-refractivity contribution in [1.82, 2.24) is 5.32 Å². The topological polar surface area (TPSA) is 32.3 Å². The lowest BCUT2D eigenvalue weighted by Gasteiger charge is -2.31. The normalized spacial score (nSPS) is 50.5. The van der Waals surface area contributed by atoms with Crippen LogP contribution in [0.5, 0.6) is 0 Å². The van der Waals surface area contributed by atoms with Crippen LogP contribution in [-0.4, -0.2) is 23.8 Å². The summed E-state index contributed by atoms with van der Waals surface area (Å²) in [7, 11) is 0. The van der Waals surface area contributed by atoms with Gasteiger partial charge in [0.2, 0.25) is 0 Å². The van der Waals surface area contributed by atoms with Crippen LogP contribution in [0.15, 0.2) is 11.1 Å². The molecule has 0 amide bonds. The predicted molar refractivity (Wildman–Crippen MR) is 46.7 cm³/mol. The molecule has 2 bridgehead atoms. The second kappa shape index (κ2) is 1.94. The Morgan fingerprint density at radius 2 is 2.42 bits per heavy atom. The van der Waals surface area contributed by atoms with Crippen LogP contribution in [-0.2, 0) is 0 Å². The van der Waals surface area contributed by atoms with E-state index < -0.39 is 5.60 Å². The monoisotopic (exact) mass is 165 g/mol. The third-order valence-corrected chi connectivity index (χ3v) is 3.90. The summed E-state index contributed by atoms with van der Waals surface area (Å²) in [5, 5.41) is 13.5. The van der Waals surface area contributed by atoms with Crippen LogP contribution in [0, 0.1) is 11.8 Å². The molecule has 0 spiro atoms. The smallest absolute Gasteiger partial charge is 0.0694 e. The Morgan fingerprint density at radius 1 is 1.58 bits per heavy atom. The van der Waals surface area contributed by atoms with Crippen molar-refractivity contribution in [1.29, 1.82) is 0 Å². The Bertz CT molecular complexity index is 267. The largest absolute Gasteiger partial charge is 0.390 e. The average Bonchev–Trinajstić information content (AvgIpc) is 2.53. The molecule has 1 heterocycles. The minimum atomic E-state index is -0.393. The maximum atomic E-state index is 10.1. The highest BCUT2D eigenvalue weighted by molar-refractivity contribution is 5.37. The third kappa shape index (κ3) is 0.679. The van der Waals surface area contributed by atoms with Gasteiger partial charge in [-0.25, -0.2) is 0 Å². The van der Waals surface area contributed by atoms with Gasteiger partial charge in [-0.3, -0.25) is 0 Å². The first kappa shape index (κ1) is 7.10. The number of nitrogens with one attached hydrogen (secondary N) is 1. The van der Waals surface area contributed by atoms with Gasteiger partial charge in [-0.2, -0.15) is 0 Å². The van der Waals surface area contributed by atoms with Crippen molar-refractivity contribution < 1.29 is 5.11 Å². The van der Waals surface area contributed by atoms with Gasteiger partial charge in [-0.05, 0) is 31.6 Å². The summed E-state index contributed by atoms with van der Waals surface area (Å²) >= 11 is 0. The van der Waals surface area contributed by atoms with Gasteiger partial charge in [0.05, 0.1) is 5.60 Å². The molecule has 2 fully saturated rings. The molecule has 3 aliphatic rings. The molecular formula is C10H15NO. The summed E-state index contributed by atoms with van der Waals surface area (Å²) in [5.41, 5.74) is 2.79. The van der Waals surface area contributed by atoms with Crippen molar-refractivity contribution in [3.05, 3.63) is 11.1 Å². The molecule has 0 aromatic carbocycles. The molecule has 0 aromatic heterocycles. The molecule has 1 saturated carbocycles. The van der Waals surface area contributed by atoms with Gasteiger partial charge in [0, 0.05) is 13.1 Å². The molecule has 3 rings (SSSR count). The fraction of sp³-hybridized carbons (Fsp3) is 0.800. The lowest BCUT2D eigenvalue weighted by Crippen LogP contribution is -2.36. The average molecular weight is 165 g/mol. The van der Waals surface area contributed by atoms with Gasteiger partial charge < -0.3 is 10.4 Å². The molecule has 3 atom stereocenters. The highest BCUT2D eigenvalue weighted by Gasteiger charge is 2.52. The van der Waals surface area contributed by atoms with E-state index in [1.54, 1.807) is 11.1 Å². The molecule has 12 heavy (non-hydrogen) atoms. The third-order valence-electron chi connectivity index (χ3n) is 3.90. The lowest BCUT2D eigenvalue weighted by molar-refractivity contribution is 0.00407. The Labute approximate surface area is 72.7 Å². The van der Waals surface area contributed by atoms with Crippen molar-refractivity contribution in [3.63, 3.8) is 0 Å². The van der Waals surface area contributed by atoms with Crippen molar-refractivity contribution in [3.8, 4) is 0 Å². The Balaban J connectivity index is 2.06. The van der Waals surface area contributed by atoms with Gasteiger partial charge in [0.15, 0.2) is 0 Å². The minimum absolute atomic E-state index is 0.393. The maximum absolute atomic E-state index is 10.1. The fourth-order valence-electron chi connectivity index (χ4n) is 3.33. The first-order chi connectivity index (χ1) is 5.68. The van der Waals surface area contributed by atoms with Crippen molar-refractivity contribution in [2.24, 2.45) is 11.8 Å². The zero-order valence-electron chi connectivity index (χ0n) is 7.43. The van der Waals surface area contributed by atoms with E-state index in [9.17, 15) is 5.11 Å². The number of hydrogen-bond donors (Lipinski definition) is 2. The van der Waals surface area contributed by atoms with Crippen molar-refractivity contribution in [2.45, 2.75) is 25.4 Å². The van der Waals surface area contributed by atoms with Crippen LogP contribution in [0.4, 0.5) is 0 Å². The summed E-state index contributed by atoms with van der Waals surface area (Å²) < 4.78 is 0. The van der Waals surface area contributed by atoms with Gasteiger partial charge in [-0.15, -0.1) is 0 Å². The molecule has 2 nitrogen and oxygen atoms in total. The Hall–Kier alpha value is -0.340. The highest BCUT2D eigenvalue weighted by atomic mass is 16.3. The SMILES string of the molecule is C[C@@]1(O)CC2=C3CNC[C@H]3[C@@H]1C2. The Kier molecular flexibility index (Phi) is 1.15. The van der Waals surface area contributed by atoms with Crippen LogP contribution in [0.2, 0.25) is 0 Å². The lowest BCUT2D eigenvalue weighted by atomic mass is 9.79. The molecule has 1 aliphatic heterocycles. The number of rotatable bonds is 0. The molecule has 1 saturated heterocycles. The summed E-state index contributed by atoms with van der Waals surface area (Å²) in [6, 6.07) is 0. The first-order valence-corrected chi connectivity index (χ1v) is 4.82. The number of hydrogen-bond acceptors (Lipinski definition) is 2. The molecule has 0 radical (unpaired) electrons. The highest BCUT2D eigenvalue weighted by Crippen LogP contribution is 2.54. The van der Waals surface area contributed by atoms with E-state index in [4.69, 9.17) is 0 Å². The van der Waals surface area contributed by atoms with Crippen LogP contribution >= 0.6 is 0 Å². The molecular weight excluding hydrogens is 150 g/mol. The van der Waals surface area contributed by atoms with E-state index in [0.717, 1.165) is 19.5 Å². The number of aliphatic hydroxyl groups is 1. The van der Waals surface area contributed by atoms with E-state index in [1.165, 1.54) is 6.42 Å². The van der Waals surface area contributed by atoms with Gasteiger partial charge >= 0.3 is 0 Å². The summed E-state index contributed by atoms with van der Waals surface area (Å²) in [6.07, 6.45) is 2.11. The van der Waals surface area contributed by atoms with Gasteiger partial charge in [-0.1, -0.05) is 11.1 Å². The number of fused-ring (bicyclic) bond motifs is 4. The summed E-state index contributed by atoms with van der Waals surface area (Å²) in [5.74, 6) is 1.20. The summed E-state index contributed by atoms with van der Waals surface area (Å²) in [4.78, 5) is 0. The Morgan fingerprint density at radius 3 is 3.25 bits per heavy atom. The van der Waals surface area contributed by atoms with Gasteiger partial charge in [0.25, 0.3) is 0 Å². The van der Waals surface area contributed by atoms with Crippen molar-refractivity contribution in [2.75, 3.05) is 13.1 Å². The van der Waals surface area contributed by atoms with Crippen molar-refractivity contribution >= 4 is 0 Å². The second-order valence-corrected chi connectivity index (χ2v) is 4.71. The predicted octanol–water partition coefficient (Wildman–Crippen LogP) is 0.677. The van der Waals surface area contributed by atoms with E-state index in [0.29, 0.717) is 11.8 Å². The van der Waals surface area contributed by atoms with Crippen LogP contribution in [0.3, 0.4) is 0 Å². The van der Waals surface area contributed by atoms with Crippen LogP contribution in [0.1, 0.15) is 19.8 Å². The maximum Gasteiger partial charge on any atom is 0.0694 e. The van der Waals surface area contributed by atoms with E-state index >= 15 is 0 Å². The quantitative estimate of drug-likeness (QED) is 0.517. The first-order valence-electron chi connectivity index (χ1n) is 4.82. The zero-order chi connectivity index (χ0) is 8.34. The zero-order valence-corrected chi connectivity index (χ0v) is 7.43. The second-order valence-electron chi connectivity index (χ2n) is 4.71. The molecule has 2 heteroatoms.